The summed E-state index contributed by atoms with van der Waals surface area (Å²) in [7, 11) is 1.58. The van der Waals surface area contributed by atoms with Crippen molar-refractivity contribution >= 4 is 22.5 Å². The van der Waals surface area contributed by atoms with Crippen molar-refractivity contribution in [1.82, 2.24) is 4.98 Å². The molecular formula is C19H16N2O4. The van der Waals surface area contributed by atoms with Gasteiger partial charge in [-0.05, 0) is 24.3 Å². The molecule has 1 atom stereocenters. The number of nitrogens with one attached hydrogen (secondary N) is 1. The van der Waals surface area contributed by atoms with Gasteiger partial charge in [0.05, 0.1) is 18.3 Å². The highest BCUT2D eigenvalue weighted by molar-refractivity contribution is 6.02. The van der Waals surface area contributed by atoms with Crippen LogP contribution < -0.4 is 19.5 Å². The third kappa shape index (κ3) is 2.94. The maximum Gasteiger partial charge on any atom is 0.269 e. The van der Waals surface area contributed by atoms with Gasteiger partial charge in [-0.25, -0.2) is 0 Å². The molecule has 0 aliphatic carbocycles. The number of aromatic nitrogens is 1. The number of amides is 1. The highest BCUT2D eigenvalue weighted by atomic mass is 16.6. The Bertz CT molecular complexity index is 942. The minimum Gasteiger partial charge on any atom is -0.497 e. The number of fused-ring (bicyclic) bond motifs is 2. The first-order chi connectivity index (χ1) is 12.2. The summed E-state index contributed by atoms with van der Waals surface area (Å²) in [6, 6.07) is 14.6. The van der Waals surface area contributed by atoms with E-state index < -0.39 is 6.10 Å². The van der Waals surface area contributed by atoms with Gasteiger partial charge in [0.2, 0.25) is 6.10 Å². The molecule has 0 saturated heterocycles. The van der Waals surface area contributed by atoms with Crippen LogP contribution in [0.1, 0.15) is 0 Å². The van der Waals surface area contributed by atoms with Crippen LogP contribution in [-0.4, -0.2) is 30.7 Å². The van der Waals surface area contributed by atoms with Gasteiger partial charge in [0.25, 0.3) is 5.91 Å². The lowest BCUT2D eigenvalue weighted by atomic mass is 10.1. The van der Waals surface area contributed by atoms with Crippen molar-refractivity contribution in [2.45, 2.75) is 6.10 Å². The Morgan fingerprint density at radius 2 is 2.04 bits per heavy atom. The molecular weight excluding hydrogens is 320 g/mol. The lowest BCUT2D eigenvalue weighted by Crippen LogP contribution is -2.40. The first kappa shape index (κ1) is 15.3. The molecule has 0 saturated carbocycles. The molecule has 0 fully saturated rings. The number of anilines is 1. The van der Waals surface area contributed by atoms with Crippen LogP contribution >= 0.6 is 0 Å². The van der Waals surface area contributed by atoms with Crippen LogP contribution in [0.5, 0.6) is 17.2 Å². The highest BCUT2D eigenvalue weighted by Gasteiger charge is 2.27. The molecule has 2 aromatic carbocycles. The molecule has 2 heterocycles. The molecule has 126 valence electrons. The van der Waals surface area contributed by atoms with Gasteiger partial charge in [0.15, 0.2) is 11.5 Å². The zero-order valence-electron chi connectivity index (χ0n) is 13.6. The van der Waals surface area contributed by atoms with Gasteiger partial charge in [0, 0.05) is 17.6 Å². The van der Waals surface area contributed by atoms with Crippen molar-refractivity contribution in [1.29, 1.82) is 0 Å². The molecule has 6 heteroatoms. The van der Waals surface area contributed by atoms with E-state index in [0.29, 0.717) is 28.5 Å². The Morgan fingerprint density at radius 1 is 1.20 bits per heavy atom. The molecule has 6 nitrogen and oxygen atoms in total. The van der Waals surface area contributed by atoms with Crippen molar-refractivity contribution in [2.75, 3.05) is 19.0 Å². The second-order valence-electron chi connectivity index (χ2n) is 5.60. The van der Waals surface area contributed by atoms with Gasteiger partial charge in [-0.15, -0.1) is 0 Å². The molecule has 1 amide bonds. The van der Waals surface area contributed by atoms with E-state index in [1.54, 1.807) is 25.4 Å². The van der Waals surface area contributed by atoms with E-state index in [0.717, 1.165) is 5.39 Å². The molecule has 0 radical (unpaired) electrons. The van der Waals surface area contributed by atoms with Crippen LogP contribution in [0.25, 0.3) is 10.9 Å². The van der Waals surface area contributed by atoms with Gasteiger partial charge in [-0.2, -0.15) is 0 Å². The fourth-order valence-corrected chi connectivity index (χ4v) is 2.74. The van der Waals surface area contributed by atoms with Crippen molar-refractivity contribution in [2.24, 2.45) is 0 Å². The zero-order valence-corrected chi connectivity index (χ0v) is 13.6. The number of para-hydroxylation sites is 2. The number of pyridine rings is 1. The average Bonchev–Trinajstić information content (AvgIpc) is 2.67. The predicted octanol–water partition coefficient (Wildman–Crippen LogP) is 3.02. The average molecular weight is 336 g/mol. The molecule has 1 aliphatic rings. The molecule has 1 N–H and O–H groups in total. The molecule has 0 spiro atoms. The molecule has 25 heavy (non-hydrogen) atoms. The Kier molecular flexibility index (Phi) is 3.85. The minimum absolute atomic E-state index is 0.151. The summed E-state index contributed by atoms with van der Waals surface area (Å²) >= 11 is 0. The molecule has 1 aromatic heterocycles. The van der Waals surface area contributed by atoms with E-state index in [2.05, 4.69) is 10.3 Å². The largest absolute Gasteiger partial charge is 0.497 e. The van der Waals surface area contributed by atoms with Crippen LogP contribution in [0, 0.1) is 0 Å². The van der Waals surface area contributed by atoms with Gasteiger partial charge < -0.3 is 19.5 Å². The number of carbonyl (C=O) groups is 1. The van der Waals surface area contributed by atoms with E-state index in [1.165, 1.54) is 0 Å². The van der Waals surface area contributed by atoms with Gasteiger partial charge in [-0.3, -0.25) is 9.78 Å². The number of carbonyl (C=O) groups excluding carboxylic acids is 1. The predicted molar refractivity (Wildman–Crippen MR) is 93.3 cm³/mol. The molecule has 0 bridgehead atoms. The first-order valence-corrected chi connectivity index (χ1v) is 7.87. The Hall–Kier alpha value is -3.28. The van der Waals surface area contributed by atoms with Crippen LogP contribution in [0.3, 0.4) is 0 Å². The van der Waals surface area contributed by atoms with Crippen molar-refractivity contribution in [3.63, 3.8) is 0 Å². The Labute approximate surface area is 144 Å². The van der Waals surface area contributed by atoms with E-state index in [1.807, 2.05) is 36.4 Å². The quantitative estimate of drug-likeness (QED) is 0.796. The van der Waals surface area contributed by atoms with Gasteiger partial charge >= 0.3 is 0 Å². The Morgan fingerprint density at radius 3 is 2.88 bits per heavy atom. The fraction of sp³-hybridized carbons (Fsp3) is 0.158. The number of rotatable bonds is 3. The van der Waals surface area contributed by atoms with Crippen LogP contribution in [0.4, 0.5) is 5.69 Å². The normalized spacial score (nSPS) is 15.6. The molecule has 4 rings (SSSR count). The molecule has 1 unspecified atom stereocenters. The fourth-order valence-electron chi connectivity index (χ4n) is 2.74. The number of hydrogen-bond acceptors (Lipinski definition) is 5. The molecule has 3 aromatic rings. The summed E-state index contributed by atoms with van der Waals surface area (Å²) in [5, 5.41) is 3.75. The van der Waals surface area contributed by atoms with E-state index >= 15 is 0 Å². The van der Waals surface area contributed by atoms with Crippen molar-refractivity contribution in [3.05, 3.63) is 54.7 Å². The maximum atomic E-state index is 12.6. The second kappa shape index (κ2) is 6.32. The zero-order chi connectivity index (χ0) is 17.2. The van der Waals surface area contributed by atoms with Gasteiger partial charge in [-0.1, -0.05) is 18.2 Å². The third-order valence-electron chi connectivity index (χ3n) is 3.97. The second-order valence-corrected chi connectivity index (χ2v) is 5.60. The lowest BCUT2D eigenvalue weighted by Gasteiger charge is -2.25. The summed E-state index contributed by atoms with van der Waals surface area (Å²) in [5.41, 5.74) is 1.26. The third-order valence-corrected chi connectivity index (χ3v) is 3.97. The van der Waals surface area contributed by atoms with E-state index in [-0.39, 0.29) is 12.5 Å². The number of nitrogens with zero attached hydrogens (tertiary/aromatic N) is 1. The van der Waals surface area contributed by atoms with Crippen LogP contribution in [0.2, 0.25) is 0 Å². The monoisotopic (exact) mass is 336 g/mol. The van der Waals surface area contributed by atoms with E-state index in [4.69, 9.17) is 14.2 Å². The first-order valence-electron chi connectivity index (χ1n) is 7.87. The topological polar surface area (TPSA) is 69.7 Å². The van der Waals surface area contributed by atoms with Crippen molar-refractivity contribution in [3.8, 4) is 17.2 Å². The SMILES string of the molecule is COc1cc(NC(=O)C2COc3ccccc3O2)c2ncccc2c1. The van der Waals surface area contributed by atoms with Crippen LogP contribution in [0.15, 0.2) is 54.7 Å². The number of ether oxygens (including phenoxy) is 3. The number of hydrogen-bond donors (Lipinski definition) is 1. The summed E-state index contributed by atoms with van der Waals surface area (Å²) in [6.45, 7) is 0.151. The van der Waals surface area contributed by atoms with Gasteiger partial charge in [0.1, 0.15) is 12.4 Å². The minimum atomic E-state index is -0.736. The number of methoxy groups -OCH3 is 1. The van der Waals surface area contributed by atoms with Crippen molar-refractivity contribution < 1.29 is 19.0 Å². The summed E-state index contributed by atoms with van der Waals surface area (Å²) < 4.78 is 16.6. The molecule has 1 aliphatic heterocycles. The van der Waals surface area contributed by atoms with E-state index in [9.17, 15) is 4.79 Å². The summed E-state index contributed by atoms with van der Waals surface area (Å²) in [4.78, 5) is 17.0. The number of benzene rings is 2. The standard InChI is InChI=1S/C19H16N2O4/c1-23-13-9-12-5-4-8-20-18(12)14(10-13)21-19(22)17-11-24-15-6-2-3-7-16(15)25-17/h2-10,17H,11H2,1H3,(H,21,22). The summed E-state index contributed by atoms with van der Waals surface area (Å²) in [5.74, 6) is 1.54. The van der Waals surface area contributed by atoms with Crippen LogP contribution in [-0.2, 0) is 4.79 Å². The maximum absolute atomic E-state index is 12.6. The summed E-state index contributed by atoms with van der Waals surface area (Å²) in [6.07, 6.45) is 0.945. The Balaban J connectivity index is 1.60. The highest BCUT2D eigenvalue weighted by Crippen LogP contribution is 2.32. The lowest BCUT2D eigenvalue weighted by molar-refractivity contribution is -0.125. The smallest absolute Gasteiger partial charge is 0.269 e.